The Morgan fingerprint density at radius 2 is 1.42 bits per heavy atom. The van der Waals surface area contributed by atoms with E-state index in [0.29, 0.717) is 0 Å². The van der Waals surface area contributed by atoms with E-state index in [9.17, 15) is 0 Å². The quantitative estimate of drug-likeness (QED) is 0.546. The lowest BCUT2D eigenvalue weighted by atomic mass is 9.94. The van der Waals surface area contributed by atoms with Crippen LogP contribution >= 0.6 is 31.9 Å². The van der Waals surface area contributed by atoms with Crippen molar-refractivity contribution >= 4 is 31.9 Å². The van der Waals surface area contributed by atoms with Gasteiger partial charge >= 0.3 is 0 Å². The Morgan fingerprint density at radius 1 is 0.842 bits per heavy atom. The zero-order valence-corrected chi connectivity index (χ0v) is 14.9. The lowest BCUT2D eigenvalue weighted by molar-refractivity contribution is 1.10. The van der Waals surface area contributed by atoms with Crippen LogP contribution in [0.15, 0.2) is 34.8 Å². The molecule has 0 aromatic heterocycles. The van der Waals surface area contributed by atoms with Gasteiger partial charge in [-0.2, -0.15) is 0 Å². The average Bonchev–Trinajstić information content (AvgIpc) is 2.31. The van der Waals surface area contributed by atoms with Gasteiger partial charge in [0.2, 0.25) is 0 Å². The molecule has 2 aromatic carbocycles. The van der Waals surface area contributed by atoms with Crippen LogP contribution in [-0.2, 0) is 0 Å². The van der Waals surface area contributed by atoms with Crippen LogP contribution in [0.2, 0.25) is 0 Å². The number of alkyl halides is 1. The fourth-order valence-corrected chi connectivity index (χ4v) is 3.93. The Hall–Kier alpha value is -0.600. The van der Waals surface area contributed by atoms with Gasteiger partial charge in [-0.1, -0.05) is 61.7 Å². The molecule has 2 aromatic rings. The highest BCUT2D eigenvalue weighted by atomic mass is 79.9. The van der Waals surface area contributed by atoms with Gasteiger partial charge in [0.1, 0.15) is 0 Å². The minimum atomic E-state index is 0.241. The van der Waals surface area contributed by atoms with Crippen LogP contribution < -0.4 is 0 Å². The van der Waals surface area contributed by atoms with E-state index < -0.39 is 0 Å². The van der Waals surface area contributed by atoms with Crippen molar-refractivity contribution in [1.29, 1.82) is 0 Å². The molecule has 0 heterocycles. The Balaban J connectivity index is 2.49. The van der Waals surface area contributed by atoms with Gasteiger partial charge in [0.25, 0.3) is 0 Å². The normalized spacial score (nSPS) is 12.5. The summed E-state index contributed by atoms with van der Waals surface area (Å²) in [5.74, 6) is 0. The molecule has 0 saturated carbocycles. The second-order valence-electron chi connectivity index (χ2n) is 5.18. The van der Waals surface area contributed by atoms with Crippen LogP contribution in [0.25, 0.3) is 0 Å². The van der Waals surface area contributed by atoms with Crippen molar-refractivity contribution in [1.82, 2.24) is 0 Å². The fraction of sp³-hybridized carbons (Fsp3) is 0.294. The molecular weight excluding hydrogens is 364 g/mol. The van der Waals surface area contributed by atoms with Crippen LogP contribution in [0, 0.1) is 27.7 Å². The van der Waals surface area contributed by atoms with Gasteiger partial charge in [-0.25, -0.2) is 0 Å². The Labute approximate surface area is 132 Å². The number of hydrogen-bond acceptors (Lipinski definition) is 0. The molecule has 100 valence electrons. The van der Waals surface area contributed by atoms with E-state index >= 15 is 0 Å². The second kappa shape index (κ2) is 5.80. The first-order valence-corrected chi connectivity index (χ1v) is 8.09. The highest BCUT2D eigenvalue weighted by Gasteiger charge is 2.16. The number of hydrogen-bond donors (Lipinski definition) is 0. The first-order valence-electron chi connectivity index (χ1n) is 6.38. The average molecular weight is 382 g/mol. The number of rotatable bonds is 2. The van der Waals surface area contributed by atoms with Crippen molar-refractivity contribution in [3.05, 3.63) is 68.2 Å². The molecule has 2 heteroatoms. The maximum atomic E-state index is 3.86. The van der Waals surface area contributed by atoms with E-state index in [2.05, 4.69) is 89.9 Å². The Morgan fingerprint density at radius 3 is 1.95 bits per heavy atom. The minimum Gasteiger partial charge on any atom is -0.0786 e. The molecule has 0 amide bonds. The molecule has 0 spiro atoms. The summed E-state index contributed by atoms with van der Waals surface area (Å²) in [4.78, 5) is 0.241. The molecule has 0 N–H and O–H groups in total. The summed E-state index contributed by atoms with van der Waals surface area (Å²) in [6.07, 6.45) is 0. The molecule has 0 aliphatic heterocycles. The molecule has 0 fully saturated rings. The first kappa shape index (κ1) is 14.8. The van der Waals surface area contributed by atoms with Gasteiger partial charge in [-0.3, -0.25) is 0 Å². The van der Waals surface area contributed by atoms with Crippen molar-refractivity contribution in [3.8, 4) is 0 Å². The molecule has 1 atom stereocenters. The summed E-state index contributed by atoms with van der Waals surface area (Å²) in [5, 5.41) is 0. The third-order valence-corrected chi connectivity index (χ3v) is 5.32. The molecule has 0 saturated heterocycles. The van der Waals surface area contributed by atoms with Crippen molar-refractivity contribution in [2.75, 3.05) is 0 Å². The molecule has 1 unspecified atom stereocenters. The summed E-state index contributed by atoms with van der Waals surface area (Å²) in [5.41, 5.74) is 7.94. The second-order valence-corrected chi connectivity index (χ2v) is 6.95. The molecule has 0 nitrogen and oxygen atoms in total. The molecule has 19 heavy (non-hydrogen) atoms. The summed E-state index contributed by atoms with van der Waals surface area (Å²) >= 11 is 7.47. The summed E-state index contributed by atoms with van der Waals surface area (Å²) < 4.78 is 1.16. The molecule has 0 aliphatic carbocycles. The molecule has 0 aliphatic rings. The predicted molar refractivity (Wildman–Crippen MR) is 90.3 cm³/mol. The topological polar surface area (TPSA) is 0 Å². The molecule has 0 bridgehead atoms. The van der Waals surface area contributed by atoms with Crippen molar-refractivity contribution in [2.45, 2.75) is 32.5 Å². The Bertz CT molecular complexity index is 592. The lowest BCUT2D eigenvalue weighted by Gasteiger charge is -2.18. The van der Waals surface area contributed by atoms with Crippen molar-refractivity contribution in [2.24, 2.45) is 0 Å². The van der Waals surface area contributed by atoms with E-state index in [0.717, 1.165) is 4.47 Å². The van der Waals surface area contributed by atoms with E-state index in [1.54, 1.807) is 0 Å². The maximum absolute atomic E-state index is 3.86. The zero-order chi connectivity index (χ0) is 14.2. The van der Waals surface area contributed by atoms with Crippen LogP contribution in [0.5, 0.6) is 0 Å². The molecular formula is C17H18Br2. The van der Waals surface area contributed by atoms with Crippen molar-refractivity contribution < 1.29 is 0 Å². The van der Waals surface area contributed by atoms with E-state index in [1.165, 1.54) is 33.4 Å². The summed E-state index contributed by atoms with van der Waals surface area (Å²) in [6.45, 7) is 8.63. The predicted octanol–water partition coefficient (Wildman–Crippen LogP) is 6.17. The Kier molecular flexibility index (Phi) is 4.52. The highest BCUT2D eigenvalue weighted by Crippen LogP contribution is 2.36. The lowest BCUT2D eigenvalue weighted by Crippen LogP contribution is -2.00. The van der Waals surface area contributed by atoms with Gasteiger partial charge in [-0.15, -0.1) is 0 Å². The van der Waals surface area contributed by atoms with Crippen LogP contribution in [0.3, 0.4) is 0 Å². The van der Waals surface area contributed by atoms with Crippen LogP contribution in [0.4, 0.5) is 0 Å². The third-order valence-electron chi connectivity index (χ3n) is 3.48. The van der Waals surface area contributed by atoms with Gasteiger partial charge in [-0.05, 0) is 61.6 Å². The van der Waals surface area contributed by atoms with E-state index in [1.807, 2.05) is 0 Å². The standard InChI is InChI=1S/C17H18Br2/c1-10-7-12(3)16(13(4)8-10)17(19)14-6-5-11(2)15(18)9-14/h5-9,17H,1-4H3. The number of aryl methyl sites for hydroxylation is 4. The molecule has 2 rings (SSSR count). The van der Waals surface area contributed by atoms with Gasteiger partial charge in [0.15, 0.2) is 0 Å². The summed E-state index contributed by atoms with van der Waals surface area (Å²) in [6, 6.07) is 11.1. The fourth-order valence-electron chi connectivity index (χ4n) is 2.52. The highest BCUT2D eigenvalue weighted by molar-refractivity contribution is 9.10. The van der Waals surface area contributed by atoms with Gasteiger partial charge in [0.05, 0.1) is 4.83 Å². The van der Waals surface area contributed by atoms with E-state index in [4.69, 9.17) is 0 Å². The third kappa shape index (κ3) is 3.11. The van der Waals surface area contributed by atoms with Crippen LogP contribution in [-0.4, -0.2) is 0 Å². The minimum absolute atomic E-state index is 0.241. The zero-order valence-electron chi connectivity index (χ0n) is 11.7. The van der Waals surface area contributed by atoms with E-state index in [-0.39, 0.29) is 4.83 Å². The molecule has 0 radical (unpaired) electrons. The number of benzene rings is 2. The number of halogens is 2. The first-order chi connectivity index (χ1) is 8.90. The largest absolute Gasteiger partial charge is 0.0786 e. The van der Waals surface area contributed by atoms with Gasteiger partial charge in [0, 0.05) is 4.47 Å². The summed E-state index contributed by atoms with van der Waals surface area (Å²) in [7, 11) is 0. The smallest absolute Gasteiger partial charge is 0.0650 e. The maximum Gasteiger partial charge on any atom is 0.0650 e. The monoisotopic (exact) mass is 380 g/mol. The van der Waals surface area contributed by atoms with Gasteiger partial charge < -0.3 is 0 Å². The van der Waals surface area contributed by atoms with Crippen LogP contribution in [0.1, 0.15) is 38.2 Å². The SMILES string of the molecule is Cc1cc(C)c(C(Br)c2ccc(C)c(Br)c2)c(C)c1. The van der Waals surface area contributed by atoms with Crippen molar-refractivity contribution in [3.63, 3.8) is 0 Å².